The van der Waals surface area contributed by atoms with Crippen LogP contribution >= 0.6 is 11.8 Å². The molecule has 0 aliphatic heterocycles. The molecule has 1 amide bonds. The fraction of sp³-hybridized carbons (Fsp3) is 0.905. The average Bonchev–Trinajstić information content (AvgIpc) is 2.85. The second-order valence-electron chi connectivity index (χ2n) is 8.58. The summed E-state index contributed by atoms with van der Waals surface area (Å²) in [5.41, 5.74) is 0. The molecule has 0 fully saturated rings. The third kappa shape index (κ3) is 9.73. The Hall–Kier alpha value is -1.52. The Morgan fingerprint density at radius 3 is 1.60 bits per heavy atom. The first-order chi connectivity index (χ1) is 19.3. The zero-order valence-corrected chi connectivity index (χ0v) is 24.6. The van der Waals surface area contributed by atoms with Crippen molar-refractivity contribution in [2.24, 2.45) is 0 Å². The van der Waals surface area contributed by atoms with E-state index in [1.807, 2.05) is 0 Å². The van der Waals surface area contributed by atoms with Crippen LogP contribution in [0.4, 0.5) is 57.1 Å². The molecule has 0 aliphatic rings. The van der Waals surface area contributed by atoms with E-state index >= 15 is 0 Å². The number of hydrogen-bond acceptors (Lipinski definition) is 6. The minimum atomic E-state index is -8.02. The van der Waals surface area contributed by atoms with Crippen LogP contribution in [0, 0.1) is 0 Å². The fourth-order valence-electron chi connectivity index (χ4n) is 3.31. The Bertz CT molecular complexity index is 894. The van der Waals surface area contributed by atoms with E-state index in [0.717, 1.165) is 0 Å². The molecule has 0 aliphatic carbocycles. The highest BCUT2D eigenvalue weighted by molar-refractivity contribution is 8.00. The lowest BCUT2D eigenvalue weighted by Crippen LogP contribution is -2.70. The summed E-state index contributed by atoms with van der Waals surface area (Å²) in [4.78, 5) is 23.5. The molecule has 0 saturated carbocycles. The Morgan fingerprint density at radius 2 is 1.21 bits per heavy atom. The number of hydrogen-bond donors (Lipinski definition) is 2. The van der Waals surface area contributed by atoms with E-state index in [4.69, 9.17) is 18.4 Å². The number of thioether (sulfide) groups is 1. The minimum Gasteiger partial charge on any atom is -0.481 e. The predicted octanol–water partition coefficient (Wildman–Crippen LogP) is 6.25. The van der Waals surface area contributed by atoms with Gasteiger partial charge in [-0.2, -0.15) is 57.1 Å². The van der Waals surface area contributed by atoms with Crippen LogP contribution in [0.25, 0.3) is 0 Å². The highest BCUT2D eigenvalue weighted by Gasteiger charge is 2.90. The molecule has 0 heterocycles. The quantitative estimate of drug-likeness (QED) is 0.0832. The molecule has 0 saturated heterocycles. The summed E-state index contributed by atoms with van der Waals surface area (Å²) in [5, 5.41) is 9.36. The minimum absolute atomic E-state index is 0.115. The Labute approximate surface area is 242 Å². The lowest BCUT2D eigenvalue weighted by molar-refractivity contribution is -0.439. The van der Waals surface area contributed by atoms with Crippen molar-refractivity contribution in [2.75, 3.05) is 32.1 Å². The van der Waals surface area contributed by atoms with Gasteiger partial charge in [-0.05, 0) is 27.2 Å². The smallest absolute Gasteiger partial charge is 0.481 e. The standard InChI is InChI=1S/C21H30F13NO6SSi/c1-4-39-43(40-5-2,41-6-3)11-7-9-35-15(38)13(12-14(36)37)42-10-8-16(22,23)17(24,25)18(26,27)19(28,29)20(30,31)21(32,33)34/h13H,4-12H2,1-3H3,(H,35,38)(H,36,37). The molecule has 7 nitrogen and oxygen atoms in total. The van der Waals surface area contributed by atoms with E-state index in [2.05, 4.69) is 5.32 Å². The van der Waals surface area contributed by atoms with Crippen molar-refractivity contribution in [1.82, 2.24) is 5.32 Å². The normalized spacial score (nSPS) is 15.0. The maximum absolute atomic E-state index is 14.0. The molecule has 0 spiro atoms. The number of alkyl halides is 13. The third-order valence-electron chi connectivity index (χ3n) is 5.44. The molecule has 0 aromatic heterocycles. The molecular formula is C21H30F13NO6SSi. The molecule has 22 heteroatoms. The molecule has 1 unspecified atom stereocenters. The largest absolute Gasteiger partial charge is 0.500 e. The zero-order valence-electron chi connectivity index (χ0n) is 22.8. The van der Waals surface area contributed by atoms with Crippen LogP contribution in [0.5, 0.6) is 0 Å². The predicted molar refractivity (Wildman–Crippen MR) is 127 cm³/mol. The van der Waals surface area contributed by atoms with Gasteiger partial charge in [-0.3, -0.25) is 9.59 Å². The maximum Gasteiger partial charge on any atom is 0.500 e. The van der Waals surface area contributed by atoms with Crippen LogP contribution in [0.1, 0.15) is 40.0 Å². The Morgan fingerprint density at radius 1 is 0.767 bits per heavy atom. The monoisotopic (exact) mass is 699 g/mol. The molecule has 0 aromatic carbocycles. The van der Waals surface area contributed by atoms with Gasteiger partial charge in [-0.1, -0.05) is 0 Å². The van der Waals surface area contributed by atoms with Crippen molar-refractivity contribution < 1.29 is 85.0 Å². The number of carbonyl (C=O) groups is 2. The second kappa shape index (κ2) is 15.7. The van der Waals surface area contributed by atoms with Crippen LogP contribution in [0.3, 0.4) is 0 Å². The summed E-state index contributed by atoms with van der Waals surface area (Å²) in [5.74, 6) is -41.9. The topological polar surface area (TPSA) is 94.1 Å². The Balaban J connectivity index is 5.56. The fourth-order valence-corrected chi connectivity index (χ4v) is 7.07. The summed E-state index contributed by atoms with van der Waals surface area (Å²) < 4.78 is 189. The van der Waals surface area contributed by atoms with Gasteiger partial charge in [-0.25, -0.2) is 0 Å². The van der Waals surface area contributed by atoms with Crippen LogP contribution in [-0.2, 0) is 22.9 Å². The number of nitrogens with one attached hydrogen (secondary N) is 1. The lowest BCUT2D eigenvalue weighted by atomic mass is 9.93. The first-order valence-electron chi connectivity index (χ1n) is 12.3. The van der Waals surface area contributed by atoms with Crippen molar-refractivity contribution in [3.63, 3.8) is 0 Å². The van der Waals surface area contributed by atoms with Crippen molar-refractivity contribution in [2.45, 2.75) is 87.1 Å². The van der Waals surface area contributed by atoms with E-state index in [0.29, 0.717) is 0 Å². The lowest BCUT2D eigenvalue weighted by Gasteiger charge is -2.39. The summed E-state index contributed by atoms with van der Waals surface area (Å²) in [6.07, 6.45) is -11.1. The van der Waals surface area contributed by atoms with Crippen LogP contribution < -0.4 is 5.32 Å². The number of amides is 1. The van der Waals surface area contributed by atoms with Gasteiger partial charge < -0.3 is 23.7 Å². The highest BCUT2D eigenvalue weighted by atomic mass is 32.2. The molecule has 43 heavy (non-hydrogen) atoms. The van der Waals surface area contributed by atoms with Gasteiger partial charge in [0.1, 0.15) is 0 Å². The van der Waals surface area contributed by atoms with E-state index in [1.54, 1.807) is 20.8 Å². The van der Waals surface area contributed by atoms with Crippen LogP contribution in [0.2, 0.25) is 6.04 Å². The number of carboxylic acids is 1. The summed E-state index contributed by atoms with van der Waals surface area (Å²) in [7, 11) is -3.16. The van der Waals surface area contributed by atoms with E-state index in [1.165, 1.54) is 0 Å². The SMILES string of the molecule is CCO[Si](CCCNC(=O)C(CC(=O)O)SCCC(F)(F)C(F)(F)C(F)(F)C(F)(F)C(F)(F)C(F)(F)F)(OCC)OCC. The molecule has 0 radical (unpaired) electrons. The molecule has 256 valence electrons. The van der Waals surface area contributed by atoms with E-state index < -0.39 is 80.3 Å². The van der Waals surface area contributed by atoms with Crippen molar-refractivity contribution in [3.8, 4) is 0 Å². The number of rotatable bonds is 21. The first kappa shape index (κ1) is 41.5. The van der Waals surface area contributed by atoms with Gasteiger partial charge in [0.05, 0.1) is 11.7 Å². The molecule has 0 rings (SSSR count). The van der Waals surface area contributed by atoms with Gasteiger partial charge in [0, 0.05) is 44.6 Å². The van der Waals surface area contributed by atoms with Gasteiger partial charge in [0.2, 0.25) is 5.91 Å². The van der Waals surface area contributed by atoms with Crippen LogP contribution in [-0.4, -0.2) is 98.9 Å². The van der Waals surface area contributed by atoms with Crippen LogP contribution in [0.15, 0.2) is 0 Å². The number of aliphatic carboxylic acids is 1. The second-order valence-corrected chi connectivity index (χ2v) is 12.6. The number of carboxylic acid groups (broad SMARTS) is 1. The summed E-state index contributed by atoms with van der Waals surface area (Å²) in [6.45, 7) is 5.45. The van der Waals surface area contributed by atoms with Crippen molar-refractivity contribution in [1.29, 1.82) is 0 Å². The highest BCUT2D eigenvalue weighted by Crippen LogP contribution is 2.60. The number of carbonyl (C=O) groups excluding carboxylic acids is 1. The molecule has 0 aromatic rings. The van der Waals surface area contributed by atoms with Crippen molar-refractivity contribution >= 4 is 32.4 Å². The maximum atomic E-state index is 14.0. The van der Waals surface area contributed by atoms with E-state index in [9.17, 15) is 66.7 Å². The van der Waals surface area contributed by atoms with Gasteiger partial charge in [0.15, 0.2) is 0 Å². The molecule has 1 atom stereocenters. The van der Waals surface area contributed by atoms with Crippen molar-refractivity contribution in [3.05, 3.63) is 0 Å². The Kier molecular flexibility index (Phi) is 15.1. The first-order valence-corrected chi connectivity index (χ1v) is 15.3. The zero-order chi connectivity index (χ0) is 34.1. The number of halogens is 13. The van der Waals surface area contributed by atoms with Gasteiger partial charge in [-0.15, -0.1) is 11.8 Å². The molecule has 0 bridgehead atoms. The van der Waals surface area contributed by atoms with Gasteiger partial charge in [0.25, 0.3) is 0 Å². The van der Waals surface area contributed by atoms with E-state index in [-0.39, 0.29) is 50.6 Å². The third-order valence-corrected chi connectivity index (χ3v) is 9.81. The average molecular weight is 700 g/mol. The van der Waals surface area contributed by atoms with Gasteiger partial charge >= 0.3 is 50.6 Å². The molecule has 2 N–H and O–H groups in total. The summed E-state index contributed by atoms with van der Waals surface area (Å²) >= 11 is -0.115. The molecular weight excluding hydrogens is 669 g/mol. The summed E-state index contributed by atoms with van der Waals surface area (Å²) in [6, 6.07) is 0.160.